The minimum absolute atomic E-state index is 0. The Morgan fingerprint density at radius 2 is 0.343 bits per heavy atom. The van der Waals surface area contributed by atoms with Gasteiger partial charge in [-0.25, -0.2) is 0 Å². The summed E-state index contributed by atoms with van der Waals surface area (Å²) < 4.78 is 0. The number of piperidine rings is 4. The fourth-order valence-electron chi connectivity index (χ4n) is 7.89. The highest BCUT2D eigenvalue weighted by atomic mass is 16.1. The molecule has 7 saturated heterocycles. The number of Topliss-reactive ketones (excluding diaryl/α,β-unsaturated/α-hetero) is 7. The zero-order chi connectivity index (χ0) is 44.7. The van der Waals surface area contributed by atoms with Crippen molar-refractivity contribution in [2.24, 2.45) is 0 Å². The fourth-order valence-corrected chi connectivity index (χ4v) is 7.89. The molecule has 67 heavy (non-hydrogen) atoms. The zero-order valence-corrected chi connectivity index (χ0v) is 42.6. The van der Waals surface area contributed by atoms with Crippen LogP contribution >= 0.6 is 0 Å². The van der Waals surface area contributed by atoms with Crippen LogP contribution in [0, 0.1) is 0 Å². The van der Waals surface area contributed by atoms with Crippen molar-refractivity contribution in [3.63, 3.8) is 0 Å². The second-order valence-electron chi connectivity index (χ2n) is 17.2. The van der Waals surface area contributed by atoms with Crippen LogP contribution in [-0.4, -0.2) is 187 Å². The Morgan fingerprint density at radius 3 is 0.418 bits per heavy atom. The molecule has 7 unspecified atom stereocenters. The summed E-state index contributed by atoms with van der Waals surface area (Å²) in [7, 11) is 0. The van der Waals surface area contributed by atoms with Crippen LogP contribution < -0.4 is 37.2 Å². The Kier molecular flexibility index (Phi) is 57.6. The SMILES string of the molecule is CC(=O)C1CCCCN1.CC(=O)C1CCCCN1.CC(=O)C1CCCCN1.CC(=O)C1CCCCN1.CC(=O)C1CCCN1.CC(=O)C1CCCN1.CC(=O)C1CCCN1.[B].[B].[B].[B].[B].[B].[B]. The molecule has 7 aliphatic heterocycles. The van der Waals surface area contributed by atoms with Gasteiger partial charge in [0.05, 0.1) is 42.3 Å². The van der Waals surface area contributed by atoms with Crippen molar-refractivity contribution in [3.05, 3.63) is 0 Å². The van der Waals surface area contributed by atoms with E-state index in [1.54, 1.807) is 48.5 Å². The summed E-state index contributed by atoms with van der Waals surface area (Å²) in [4.78, 5) is 74.7. The van der Waals surface area contributed by atoms with Crippen LogP contribution in [0.2, 0.25) is 0 Å². The van der Waals surface area contributed by atoms with E-state index < -0.39 is 0 Å². The summed E-state index contributed by atoms with van der Waals surface area (Å²) in [5.41, 5.74) is 0. The summed E-state index contributed by atoms with van der Waals surface area (Å²) in [5.74, 6) is 1.99. The molecule has 7 heterocycles. The summed E-state index contributed by atoms with van der Waals surface area (Å²) >= 11 is 0. The molecule has 7 N–H and O–H groups in total. The third-order valence-corrected chi connectivity index (χ3v) is 11.9. The first-order valence-corrected chi connectivity index (χ1v) is 23.3. The molecule has 0 aliphatic carbocycles. The highest BCUT2D eigenvalue weighted by Gasteiger charge is 2.20. The van der Waals surface area contributed by atoms with Gasteiger partial charge in [-0.3, -0.25) is 33.6 Å². The van der Waals surface area contributed by atoms with E-state index in [4.69, 9.17) is 0 Å². The Hall–Kier alpha value is -2.14. The number of carbonyl (C=O) groups excluding carboxylic acids is 7. The first-order chi connectivity index (χ1) is 28.6. The van der Waals surface area contributed by atoms with Crippen LogP contribution in [-0.2, 0) is 33.6 Å². The topological polar surface area (TPSA) is 204 Å². The lowest BCUT2D eigenvalue weighted by molar-refractivity contribution is -0.120. The molecule has 0 bridgehead atoms. The molecule has 21 heteroatoms. The summed E-state index contributed by atoms with van der Waals surface area (Å²) in [6, 6.07) is 1.19. The fraction of sp³-hybridized carbons (Fsp3) is 0.848. The average Bonchev–Trinajstić information content (AvgIpc) is 4.09. The van der Waals surface area contributed by atoms with Crippen LogP contribution in [0.3, 0.4) is 0 Å². The molecule has 7 aliphatic rings. The van der Waals surface area contributed by atoms with Crippen LogP contribution in [0.25, 0.3) is 0 Å². The maximum Gasteiger partial charge on any atom is 0.146 e. The van der Waals surface area contributed by atoms with Gasteiger partial charge in [0.2, 0.25) is 0 Å². The summed E-state index contributed by atoms with van der Waals surface area (Å²) in [6.45, 7) is 18.7. The monoisotopic (exact) mass is 925 g/mol. The van der Waals surface area contributed by atoms with E-state index in [1.165, 1.54) is 51.4 Å². The van der Waals surface area contributed by atoms with Gasteiger partial charge in [-0.15, -0.1) is 0 Å². The van der Waals surface area contributed by atoms with Gasteiger partial charge in [0.1, 0.15) is 40.5 Å². The van der Waals surface area contributed by atoms with Crippen LogP contribution in [0.4, 0.5) is 0 Å². The molecule has 0 saturated carbocycles. The number of carbonyl (C=O) groups is 7. The van der Waals surface area contributed by atoms with Gasteiger partial charge in [0.25, 0.3) is 0 Å². The number of ketones is 7. The van der Waals surface area contributed by atoms with E-state index in [0.29, 0.717) is 0 Å². The van der Waals surface area contributed by atoms with Gasteiger partial charge < -0.3 is 37.2 Å². The molecule has 0 aromatic carbocycles. The van der Waals surface area contributed by atoms with E-state index in [0.717, 1.165) is 110 Å². The second kappa shape index (κ2) is 48.9. The maximum absolute atomic E-state index is 10.7. The van der Waals surface area contributed by atoms with Gasteiger partial charge >= 0.3 is 0 Å². The number of nitrogens with one attached hydrogen (secondary N) is 7. The van der Waals surface area contributed by atoms with E-state index >= 15 is 0 Å². The number of hydrogen-bond acceptors (Lipinski definition) is 14. The van der Waals surface area contributed by atoms with Gasteiger partial charge in [-0.1, -0.05) is 25.7 Å². The lowest BCUT2D eigenvalue weighted by Crippen LogP contribution is -2.38. The smallest absolute Gasteiger partial charge is 0.146 e. The van der Waals surface area contributed by atoms with Crippen molar-refractivity contribution in [1.29, 1.82) is 0 Å². The number of hydrogen-bond donors (Lipinski definition) is 7. The van der Waals surface area contributed by atoms with Crippen molar-refractivity contribution in [1.82, 2.24) is 37.2 Å². The summed E-state index contributed by atoms with van der Waals surface area (Å²) in [5, 5.41) is 22.0. The van der Waals surface area contributed by atoms with E-state index in [-0.39, 0.29) is 142 Å². The molecule has 7 atom stereocenters. The number of rotatable bonds is 7. The lowest BCUT2D eigenvalue weighted by Gasteiger charge is -2.20. The first kappa shape index (κ1) is 79.0. The largest absolute Gasteiger partial charge is 0.307 e. The van der Waals surface area contributed by atoms with Crippen molar-refractivity contribution in [3.8, 4) is 0 Å². The molecule has 0 amide bonds. The Balaban J connectivity index is -0.000000123. The van der Waals surface area contributed by atoms with E-state index in [2.05, 4.69) is 37.2 Å². The van der Waals surface area contributed by atoms with Crippen molar-refractivity contribution >= 4 is 99.4 Å². The third-order valence-electron chi connectivity index (χ3n) is 11.9. The van der Waals surface area contributed by atoms with Gasteiger partial charge in [0, 0.05) is 58.9 Å². The maximum atomic E-state index is 10.7. The highest BCUT2D eigenvalue weighted by molar-refractivity contribution is 5.84. The van der Waals surface area contributed by atoms with Crippen molar-refractivity contribution < 1.29 is 33.6 Å². The van der Waals surface area contributed by atoms with Crippen LogP contribution in [0.5, 0.6) is 0 Å². The first-order valence-electron chi connectivity index (χ1n) is 23.3. The lowest BCUT2D eigenvalue weighted by atomic mass is 10.0. The molecule has 7 fully saturated rings. The normalized spacial score (nSPS) is 25.1. The molecule has 0 aromatic heterocycles. The molecule has 21 radical (unpaired) electrons. The standard InChI is InChI=1S/4C7H13NO.3C6H11NO.7B/c4*1-6(9)7-4-2-3-5-8-7;3*1-5(8)6-3-2-4-7-6;;;;;;;/h4*7-8H,2-5H2,1H3;3*6-7H,2-4H2,1H3;;;;;;;. The van der Waals surface area contributed by atoms with Crippen LogP contribution in [0.15, 0.2) is 0 Å². The minimum Gasteiger partial charge on any atom is -0.307 e. The molecule has 0 aromatic rings. The van der Waals surface area contributed by atoms with Crippen LogP contribution in [0.1, 0.15) is 164 Å². The minimum atomic E-state index is 0. The van der Waals surface area contributed by atoms with E-state index in [1.807, 2.05) is 0 Å². The molecule has 0 spiro atoms. The predicted molar refractivity (Wildman–Crippen MR) is 281 cm³/mol. The molecular formula is C46H85B7N7O7. The second-order valence-corrected chi connectivity index (χ2v) is 17.2. The molecule has 14 nitrogen and oxygen atoms in total. The zero-order valence-electron chi connectivity index (χ0n) is 42.6. The summed E-state index contributed by atoms with van der Waals surface area (Å²) in [6.07, 6.45) is 20.5. The predicted octanol–water partition coefficient (Wildman–Crippen LogP) is 1.19. The van der Waals surface area contributed by atoms with Gasteiger partial charge in [-0.05, 0) is 184 Å². The highest BCUT2D eigenvalue weighted by Crippen LogP contribution is 2.10. The quantitative estimate of drug-likeness (QED) is 0.180. The van der Waals surface area contributed by atoms with E-state index in [9.17, 15) is 33.6 Å². The van der Waals surface area contributed by atoms with Gasteiger partial charge in [0.15, 0.2) is 0 Å². The van der Waals surface area contributed by atoms with Gasteiger partial charge in [-0.2, -0.15) is 0 Å². The average molecular weight is 924 g/mol. The Morgan fingerprint density at radius 1 is 0.224 bits per heavy atom. The van der Waals surface area contributed by atoms with Crippen molar-refractivity contribution in [2.75, 3.05) is 45.8 Å². The molecule has 367 valence electrons. The third kappa shape index (κ3) is 39.3. The molecular weight excluding hydrogens is 838 g/mol. The Bertz CT molecular complexity index is 1100. The van der Waals surface area contributed by atoms with Crippen molar-refractivity contribution in [2.45, 2.75) is 206 Å². The molecule has 7 rings (SSSR count). The Labute approximate surface area is 420 Å².